The van der Waals surface area contributed by atoms with Crippen LogP contribution in [0.2, 0.25) is 0 Å². The molecule has 0 aliphatic rings. The van der Waals surface area contributed by atoms with Crippen molar-refractivity contribution in [3.8, 4) is 11.5 Å². The molecular formula is C20H18O9. The summed E-state index contributed by atoms with van der Waals surface area (Å²) in [5.41, 5.74) is -0.0944. The van der Waals surface area contributed by atoms with Gasteiger partial charge in [0.2, 0.25) is 6.10 Å². The summed E-state index contributed by atoms with van der Waals surface area (Å²) < 4.78 is 14.8. The summed E-state index contributed by atoms with van der Waals surface area (Å²) in [6, 6.07) is 11.0. The van der Waals surface area contributed by atoms with E-state index in [-0.39, 0.29) is 11.1 Å². The summed E-state index contributed by atoms with van der Waals surface area (Å²) in [6.45, 7) is 0. The molecule has 0 radical (unpaired) electrons. The van der Waals surface area contributed by atoms with Crippen molar-refractivity contribution in [1.29, 1.82) is 0 Å². The van der Waals surface area contributed by atoms with Crippen molar-refractivity contribution >= 4 is 23.7 Å². The Balaban J connectivity index is 2.29. The molecule has 0 fully saturated rings. The third-order valence-corrected chi connectivity index (χ3v) is 4.03. The fourth-order valence-corrected chi connectivity index (χ4v) is 2.49. The van der Waals surface area contributed by atoms with Crippen LogP contribution in [0.25, 0.3) is 0 Å². The number of carbonyl (C=O) groups is 4. The van der Waals surface area contributed by atoms with E-state index in [0.717, 1.165) is 0 Å². The molecule has 0 saturated carbocycles. The van der Waals surface area contributed by atoms with Crippen LogP contribution in [0.3, 0.4) is 0 Å². The molecule has 0 spiro atoms. The number of esters is 1. The molecule has 0 amide bonds. The molecule has 0 bridgehead atoms. The molecule has 2 rings (SSSR count). The lowest BCUT2D eigenvalue weighted by molar-refractivity contribution is -0.157. The number of rotatable bonds is 9. The smallest absolute Gasteiger partial charge is 0.346 e. The third kappa shape index (κ3) is 5.10. The highest BCUT2D eigenvalue weighted by molar-refractivity contribution is 6.11. The molecule has 2 aromatic carbocycles. The van der Waals surface area contributed by atoms with Crippen LogP contribution in [0.5, 0.6) is 11.5 Å². The van der Waals surface area contributed by atoms with E-state index in [1.165, 1.54) is 62.8 Å². The van der Waals surface area contributed by atoms with Gasteiger partial charge >= 0.3 is 17.9 Å². The monoisotopic (exact) mass is 402 g/mol. The number of carboxylic acids is 2. The largest absolute Gasteiger partial charge is 0.497 e. The number of ketones is 1. The topological polar surface area (TPSA) is 136 Å². The zero-order valence-corrected chi connectivity index (χ0v) is 15.5. The normalized spacial score (nSPS) is 12.3. The van der Waals surface area contributed by atoms with E-state index < -0.39 is 35.7 Å². The van der Waals surface area contributed by atoms with Gasteiger partial charge in [-0.05, 0) is 48.5 Å². The third-order valence-electron chi connectivity index (χ3n) is 4.03. The standard InChI is InChI=1S/C20H18O9/c1-27-13-7-3-11(4-8-13)16(21)15(18(22)23)17(19(24)25)29-20(26)12-5-9-14(28-2)10-6-12/h3-10,15,17H,1-2H3,(H,22,23)(H,24,25). The van der Waals surface area contributed by atoms with E-state index in [9.17, 15) is 29.4 Å². The Labute approximate surface area is 165 Å². The maximum atomic E-state index is 12.6. The minimum absolute atomic E-state index is 0.0296. The Bertz CT molecular complexity index is 901. The van der Waals surface area contributed by atoms with Crippen LogP contribution in [0, 0.1) is 5.92 Å². The first kappa shape index (κ1) is 21.4. The molecule has 9 heteroatoms. The summed E-state index contributed by atoms with van der Waals surface area (Å²) in [5.74, 6) is -6.86. The van der Waals surface area contributed by atoms with E-state index in [4.69, 9.17) is 14.2 Å². The number of aliphatic carboxylic acids is 2. The van der Waals surface area contributed by atoms with Gasteiger partial charge < -0.3 is 24.4 Å². The van der Waals surface area contributed by atoms with Crippen LogP contribution in [-0.2, 0) is 14.3 Å². The Morgan fingerprint density at radius 2 is 1.17 bits per heavy atom. The van der Waals surface area contributed by atoms with Crippen molar-refractivity contribution in [2.45, 2.75) is 6.10 Å². The van der Waals surface area contributed by atoms with Gasteiger partial charge in [-0.25, -0.2) is 9.59 Å². The summed E-state index contributed by atoms with van der Waals surface area (Å²) in [7, 11) is 2.84. The first-order chi connectivity index (χ1) is 13.8. The van der Waals surface area contributed by atoms with Crippen LogP contribution < -0.4 is 9.47 Å². The van der Waals surface area contributed by atoms with E-state index >= 15 is 0 Å². The lowest BCUT2D eigenvalue weighted by atomic mass is 9.92. The Morgan fingerprint density at radius 1 is 0.724 bits per heavy atom. The Kier molecular flexibility index (Phi) is 6.91. The van der Waals surface area contributed by atoms with Gasteiger partial charge in [-0.3, -0.25) is 9.59 Å². The molecular weight excluding hydrogens is 384 g/mol. The highest BCUT2D eigenvalue weighted by Gasteiger charge is 2.43. The van der Waals surface area contributed by atoms with Crippen molar-refractivity contribution in [1.82, 2.24) is 0 Å². The zero-order chi connectivity index (χ0) is 21.6. The van der Waals surface area contributed by atoms with Gasteiger partial charge in [0.1, 0.15) is 11.5 Å². The Morgan fingerprint density at radius 3 is 1.55 bits per heavy atom. The molecule has 0 aromatic heterocycles. The highest BCUT2D eigenvalue weighted by atomic mass is 16.6. The highest BCUT2D eigenvalue weighted by Crippen LogP contribution is 2.21. The van der Waals surface area contributed by atoms with Gasteiger partial charge in [0.05, 0.1) is 19.8 Å². The van der Waals surface area contributed by atoms with Crippen LogP contribution in [0.4, 0.5) is 0 Å². The van der Waals surface area contributed by atoms with E-state index in [2.05, 4.69) is 0 Å². The quantitative estimate of drug-likeness (QED) is 0.366. The Hall–Kier alpha value is -3.88. The first-order valence-corrected chi connectivity index (χ1v) is 8.27. The van der Waals surface area contributed by atoms with Gasteiger partial charge in [0, 0.05) is 5.56 Å². The minimum atomic E-state index is -2.23. The van der Waals surface area contributed by atoms with Crippen LogP contribution in [0.15, 0.2) is 48.5 Å². The molecule has 2 atom stereocenters. The van der Waals surface area contributed by atoms with E-state index in [1.54, 1.807) is 0 Å². The fourth-order valence-electron chi connectivity index (χ4n) is 2.49. The molecule has 2 aromatic rings. The minimum Gasteiger partial charge on any atom is -0.497 e. The van der Waals surface area contributed by atoms with Gasteiger partial charge in [-0.1, -0.05) is 0 Å². The average molecular weight is 402 g/mol. The molecule has 2 unspecified atom stereocenters. The number of carbonyl (C=O) groups excluding carboxylic acids is 2. The molecule has 9 nitrogen and oxygen atoms in total. The number of hydrogen-bond donors (Lipinski definition) is 2. The van der Waals surface area contributed by atoms with Gasteiger partial charge in [0.25, 0.3) is 0 Å². The fraction of sp³-hybridized carbons (Fsp3) is 0.200. The van der Waals surface area contributed by atoms with Crippen molar-refractivity contribution in [2.24, 2.45) is 5.92 Å². The van der Waals surface area contributed by atoms with Crippen LogP contribution in [0.1, 0.15) is 20.7 Å². The molecule has 152 valence electrons. The molecule has 29 heavy (non-hydrogen) atoms. The van der Waals surface area contributed by atoms with Crippen molar-refractivity contribution < 1.29 is 43.6 Å². The maximum absolute atomic E-state index is 12.6. The molecule has 0 aliphatic carbocycles. The van der Waals surface area contributed by atoms with Crippen LogP contribution >= 0.6 is 0 Å². The molecule has 2 N–H and O–H groups in total. The van der Waals surface area contributed by atoms with Crippen molar-refractivity contribution in [3.63, 3.8) is 0 Å². The number of Topliss-reactive ketones (excluding diaryl/α,β-unsaturated/α-hetero) is 1. The van der Waals surface area contributed by atoms with Crippen molar-refractivity contribution in [3.05, 3.63) is 59.7 Å². The molecule has 0 aliphatic heterocycles. The van der Waals surface area contributed by atoms with Gasteiger partial charge in [-0.2, -0.15) is 0 Å². The number of hydrogen-bond acceptors (Lipinski definition) is 7. The molecule has 0 heterocycles. The molecule has 0 saturated heterocycles. The summed E-state index contributed by atoms with van der Waals surface area (Å²) >= 11 is 0. The van der Waals surface area contributed by atoms with Gasteiger partial charge in [-0.15, -0.1) is 0 Å². The maximum Gasteiger partial charge on any atom is 0.346 e. The number of benzene rings is 2. The van der Waals surface area contributed by atoms with Gasteiger partial charge in [0.15, 0.2) is 11.7 Å². The summed E-state index contributed by atoms with van der Waals surface area (Å²) in [5, 5.41) is 18.9. The average Bonchev–Trinajstić information content (AvgIpc) is 2.72. The summed E-state index contributed by atoms with van der Waals surface area (Å²) in [4.78, 5) is 48.2. The predicted octanol–water partition coefficient (Wildman–Crippen LogP) is 1.90. The lowest BCUT2D eigenvalue weighted by Gasteiger charge is -2.20. The SMILES string of the molecule is COc1ccc(C(=O)OC(C(=O)O)C(C(=O)O)C(=O)c2ccc(OC)cc2)cc1. The van der Waals surface area contributed by atoms with Crippen molar-refractivity contribution in [2.75, 3.05) is 14.2 Å². The second-order valence-electron chi connectivity index (χ2n) is 5.80. The second kappa shape index (κ2) is 9.36. The second-order valence-corrected chi connectivity index (χ2v) is 5.80. The lowest BCUT2D eigenvalue weighted by Crippen LogP contribution is -2.43. The number of methoxy groups -OCH3 is 2. The van der Waals surface area contributed by atoms with Crippen LogP contribution in [-0.4, -0.2) is 54.2 Å². The predicted molar refractivity (Wildman–Crippen MR) is 98.3 cm³/mol. The van der Waals surface area contributed by atoms with E-state index in [1.807, 2.05) is 0 Å². The van der Waals surface area contributed by atoms with E-state index in [0.29, 0.717) is 11.5 Å². The number of ether oxygens (including phenoxy) is 3. The summed E-state index contributed by atoms with van der Waals surface area (Å²) in [6.07, 6.45) is -2.23. The first-order valence-electron chi connectivity index (χ1n) is 8.27. The zero-order valence-electron chi connectivity index (χ0n) is 15.5. The number of carboxylic acid groups (broad SMARTS) is 2.